The summed E-state index contributed by atoms with van der Waals surface area (Å²) in [5, 5.41) is 16.2. The van der Waals surface area contributed by atoms with Crippen LogP contribution in [0.15, 0.2) is 18.2 Å². The maximum atomic E-state index is 11.1. The zero-order chi connectivity index (χ0) is 14.7. The van der Waals surface area contributed by atoms with Gasteiger partial charge in [0.15, 0.2) is 5.96 Å². The van der Waals surface area contributed by atoms with E-state index in [2.05, 4.69) is 11.5 Å². The Balaban J connectivity index is 0.000000644. The highest BCUT2D eigenvalue weighted by molar-refractivity contribution is 5.98. The Kier molecular flexibility index (Phi) is 6.06. The molecule has 7 heteroatoms. The second-order valence-corrected chi connectivity index (χ2v) is 4.31. The lowest BCUT2D eigenvalue weighted by Gasteiger charge is -1.99. The summed E-state index contributed by atoms with van der Waals surface area (Å²) in [6, 6.07) is 5.98. The number of benzene rings is 1. The number of nitrogens with two attached hydrogens (primary N) is 2. The monoisotopic (exact) mass is 298 g/mol. The van der Waals surface area contributed by atoms with E-state index in [0.717, 1.165) is 22.0 Å². The van der Waals surface area contributed by atoms with E-state index in [9.17, 15) is 4.79 Å². The molecular weight excluding hydrogens is 280 g/mol. The molecule has 2 aromatic rings. The van der Waals surface area contributed by atoms with Gasteiger partial charge in [0.25, 0.3) is 0 Å². The lowest BCUT2D eigenvalue weighted by atomic mass is 10.1. The first-order valence-corrected chi connectivity index (χ1v) is 5.64. The van der Waals surface area contributed by atoms with Crippen LogP contribution in [0.1, 0.15) is 21.6 Å². The molecule has 0 atom stereocenters. The smallest absolute Gasteiger partial charge is 0.352 e. The number of hydrogen-bond donors (Lipinski definition) is 4. The minimum absolute atomic E-state index is 0. The summed E-state index contributed by atoms with van der Waals surface area (Å²) >= 11 is 0. The largest absolute Gasteiger partial charge is 0.477 e. The number of rotatable bonds is 1. The lowest BCUT2D eigenvalue weighted by molar-refractivity contribution is 0.0686. The quantitative estimate of drug-likeness (QED) is 0.474. The Labute approximate surface area is 123 Å². The number of carbonyl (C=O) groups is 1. The van der Waals surface area contributed by atoms with Crippen molar-refractivity contribution in [3.63, 3.8) is 0 Å². The molecule has 20 heavy (non-hydrogen) atoms. The third-order valence-electron chi connectivity index (χ3n) is 2.81. The van der Waals surface area contributed by atoms with Crippen molar-refractivity contribution >= 4 is 35.2 Å². The lowest BCUT2D eigenvalue weighted by Crippen LogP contribution is -2.20. The first kappa shape index (κ1) is 17.8. The summed E-state index contributed by atoms with van der Waals surface area (Å²) < 4.78 is 1.73. The molecule has 0 aliphatic carbocycles. The van der Waals surface area contributed by atoms with Crippen molar-refractivity contribution < 1.29 is 9.90 Å². The van der Waals surface area contributed by atoms with Crippen LogP contribution in [-0.4, -0.2) is 21.6 Å². The predicted molar refractivity (Wildman–Crippen MR) is 82.7 cm³/mol. The van der Waals surface area contributed by atoms with Gasteiger partial charge in [-0.2, -0.15) is 0 Å². The number of aryl methyl sites for hydroxylation is 3. The fraction of sp³-hybridized carbons (Fsp3) is 0.231. The Morgan fingerprint density at radius 1 is 1.30 bits per heavy atom. The van der Waals surface area contributed by atoms with Gasteiger partial charge in [0.05, 0.1) is 0 Å². The van der Waals surface area contributed by atoms with Gasteiger partial charge >= 0.3 is 5.97 Å². The Morgan fingerprint density at radius 3 is 2.25 bits per heavy atom. The Morgan fingerprint density at radius 2 is 1.80 bits per heavy atom. The van der Waals surface area contributed by atoms with E-state index in [0.29, 0.717) is 5.69 Å². The van der Waals surface area contributed by atoms with E-state index in [4.69, 9.17) is 10.5 Å². The molecule has 0 aliphatic rings. The SMILES string of the molecule is Cc1ccc2c(c1)c(C)c(C(=O)O)n2C.Cl.N=C(N)N. The molecule has 110 valence electrons. The average Bonchev–Trinajstić information content (AvgIpc) is 2.50. The topological polar surface area (TPSA) is 118 Å². The van der Waals surface area contributed by atoms with Crippen LogP contribution in [0, 0.1) is 19.3 Å². The van der Waals surface area contributed by atoms with Gasteiger partial charge in [0.2, 0.25) is 0 Å². The second kappa shape index (κ2) is 6.81. The van der Waals surface area contributed by atoms with E-state index in [1.165, 1.54) is 0 Å². The van der Waals surface area contributed by atoms with Crippen LogP contribution in [-0.2, 0) is 7.05 Å². The van der Waals surface area contributed by atoms with Crippen LogP contribution in [0.2, 0.25) is 0 Å². The maximum absolute atomic E-state index is 11.1. The van der Waals surface area contributed by atoms with Gasteiger partial charge in [-0.25, -0.2) is 4.79 Å². The molecule has 1 aromatic heterocycles. The molecule has 1 aromatic carbocycles. The number of fused-ring (bicyclic) bond motifs is 1. The van der Waals surface area contributed by atoms with Crippen molar-refractivity contribution in [2.75, 3.05) is 0 Å². The van der Waals surface area contributed by atoms with Crippen molar-refractivity contribution in [1.82, 2.24) is 4.57 Å². The van der Waals surface area contributed by atoms with E-state index >= 15 is 0 Å². The van der Waals surface area contributed by atoms with E-state index in [1.54, 1.807) is 11.6 Å². The molecule has 0 fully saturated rings. The van der Waals surface area contributed by atoms with Gasteiger partial charge in [-0.15, -0.1) is 12.4 Å². The number of hydrogen-bond acceptors (Lipinski definition) is 2. The summed E-state index contributed by atoms with van der Waals surface area (Å²) in [6.45, 7) is 3.86. The number of nitrogens with one attached hydrogen (secondary N) is 1. The van der Waals surface area contributed by atoms with Gasteiger partial charge in [0.1, 0.15) is 5.69 Å². The van der Waals surface area contributed by atoms with Gasteiger partial charge in [-0.05, 0) is 31.5 Å². The molecule has 6 nitrogen and oxygen atoms in total. The average molecular weight is 299 g/mol. The number of halogens is 1. The predicted octanol–water partition coefficient (Wildman–Crippen LogP) is 1.75. The first-order chi connectivity index (χ1) is 8.75. The van der Waals surface area contributed by atoms with Crippen LogP contribution < -0.4 is 11.5 Å². The summed E-state index contributed by atoms with van der Waals surface area (Å²) in [5.74, 6) is -1.20. The fourth-order valence-corrected chi connectivity index (χ4v) is 2.05. The number of aromatic nitrogens is 1. The highest BCUT2D eigenvalue weighted by atomic mass is 35.5. The first-order valence-electron chi connectivity index (χ1n) is 5.64. The van der Waals surface area contributed by atoms with Gasteiger partial charge in [-0.1, -0.05) is 11.6 Å². The summed E-state index contributed by atoms with van der Waals surface area (Å²) in [6.07, 6.45) is 0. The second-order valence-electron chi connectivity index (χ2n) is 4.31. The maximum Gasteiger partial charge on any atom is 0.352 e. The number of guanidine groups is 1. The molecule has 0 radical (unpaired) electrons. The van der Waals surface area contributed by atoms with E-state index in [1.807, 2.05) is 32.0 Å². The van der Waals surface area contributed by atoms with Gasteiger partial charge in [0, 0.05) is 18.0 Å². The van der Waals surface area contributed by atoms with Crippen molar-refractivity contribution in [2.24, 2.45) is 18.5 Å². The zero-order valence-corrected chi connectivity index (χ0v) is 12.4. The number of carboxylic acid groups (broad SMARTS) is 1. The van der Waals surface area contributed by atoms with Crippen LogP contribution in [0.25, 0.3) is 10.9 Å². The Bertz CT molecular complexity index is 645. The van der Waals surface area contributed by atoms with Crippen molar-refractivity contribution in [2.45, 2.75) is 13.8 Å². The van der Waals surface area contributed by atoms with Crippen molar-refractivity contribution in [3.05, 3.63) is 35.0 Å². The molecule has 0 saturated carbocycles. The molecule has 0 saturated heterocycles. The summed E-state index contributed by atoms with van der Waals surface area (Å²) in [4.78, 5) is 11.1. The molecule has 0 unspecified atom stereocenters. The minimum Gasteiger partial charge on any atom is -0.477 e. The van der Waals surface area contributed by atoms with Gasteiger partial charge in [-0.3, -0.25) is 5.41 Å². The highest BCUT2D eigenvalue weighted by Crippen LogP contribution is 2.25. The third kappa shape index (κ3) is 3.64. The van der Waals surface area contributed by atoms with Crippen LogP contribution in [0.5, 0.6) is 0 Å². The number of carboxylic acids is 1. The molecule has 6 N–H and O–H groups in total. The normalized spacial score (nSPS) is 9.35. The van der Waals surface area contributed by atoms with Crippen molar-refractivity contribution in [3.8, 4) is 0 Å². The molecule has 2 rings (SSSR count). The molecule has 0 aliphatic heterocycles. The molecule has 1 heterocycles. The summed E-state index contributed by atoms with van der Waals surface area (Å²) in [5.41, 5.74) is 12.3. The van der Waals surface area contributed by atoms with Gasteiger partial charge < -0.3 is 21.1 Å². The zero-order valence-electron chi connectivity index (χ0n) is 11.6. The van der Waals surface area contributed by atoms with Crippen LogP contribution in [0.4, 0.5) is 0 Å². The molecular formula is C13H19ClN4O2. The third-order valence-corrected chi connectivity index (χ3v) is 2.81. The molecule has 0 bridgehead atoms. The fourth-order valence-electron chi connectivity index (χ4n) is 2.05. The van der Waals surface area contributed by atoms with Crippen molar-refractivity contribution in [1.29, 1.82) is 5.41 Å². The van der Waals surface area contributed by atoms with Crippen LogP contribution in [0.3, 0.4) is 0 Å². The molecule has 0 amide bonds. The van der Waals surface area contributed by atoms with E-state index in [-0.39, 0.29) is 18.4 Å². The van der Waals surface area contributed by atoms with E-state index < -0.39 is 5.97 Å². The minimum atomic E-state index is -0.871. The number of nitrogens with zero attached hydrogens (tertiary/aromatic N) is 1. The Hall–Kier alpha value is -2.21. The van der Waals surface area contributed by atoms with Crippen LogP contribution >= 0.6 is 12.4 Å². The standard InChI is InChI=1S/C12H13NO2.CH5N3.ClH/c1-7-4-5-10-9(6-7)8(2)11(12(14)15)13(10)3;2-1(3)4;/h4-6H,1-3H3,(H,14,15);(H5,2,3,4);1H. The molecule has 0 spiro atoms. The summed E-state index contributed by atoms with van der Waals surface area (Å²) in [7, 11) is 1.79. The number of aromatic carboxylic acids is 1. The highest BCUT2D eigenvalue weighted by Gasteiger charge is 2.16.